The second-order valence-corrected chi connectivity index (χ2v) is 5.29. The Balaban J connectivity index is 2.01. The van der Waals surface area contributed by atoms with E-state index in [0.717, 1.165) is 5.56 Å². The number of nitrogens with one attached hydrogen (secondary N) is 1. The minimum absolute atomic E-state index is 0.0370. The van der Waals surface area contributed by atoms with Crippen LogP contribution >= 0.6 is 0 Å². The highest BCUT2D eigenvalue weighted by Gasteiger charge is 2.33. The molecule has 1 aromatic rings. The average molecular weight is 290 g/mol. The van der Waals surface area contributed by atoms with Gasteiger partial charge in [-0.25, -0.2) is 0 Å². The second-order valence-electron chi connectivity index (χ2n) is 5.29. The fourth-order valence-electron chi connectivity index (χ4n) is 2.56. The monoisotopic (exact) mass is 290 g/mol. The zero-order valence-electron chi connectivity index (χ0n) is 12.5. The molecule has 0 aliphatic carbocycles. The van der Waals surface area contributed by atoms with E-state index in [1.165, 1.54) is 0 Å². The Kier molecular flexibility index (Phi) is 5.33. The van der Waals surface area contributed by atoms with Gasteiger partial charge in [0.05, 0.1) is 12.6 Å². The van der Waals surface area contributed by atoms with Gasteiger partial charge in [0.25, 0.3) is 0 Å². The van der Waals surface area contributed by atoms with Gasteiger partial charge in [0.1, 0.15) is 6.04 Å². The molecule has 0 radical (unpaired) electrons. The van der Waals surface area contributed by atoms with Crippen molar-refractivity contribution in [3.8, 4) is 0 Å². The molecule has 2 rings (SSSR count). The molecule has 1 aliphatic rings. The second kappa shape index (κ2) is 7.22. The first kappa shape index (κ1) is 15.5. The smallest absolute Gasteiger partial charge is 0.246 e. The average Bonchev–Trinajstić information content (AvgIpc) is 2.45. The summed E-state index contributed by atoms with van der Waals surface area (Å²) in [5.41, 5.74) is 1.04. The van der Waals surface area contributed by atoms with Gasteiger partial charge >= 0.3 is 0 Å². The van der Waals surface area contributed by atoms with Gasteiger partial charge in [0.2, 0.25) is 11.8 Å². The Hall–Kier alpha value is -1.88. The molecule has 5 nitrogen and oxygen atoms in total. The predicted molar refractivity (Wildman–Crippen MR) is 79.7 cm³/mol. The van der Waals surface area contributed by atoms with Gasteiger partial charge in [0, 0.05) is 19.6 Å². The van der Waals surface area contributed by atoms with Crippen molar-refractivity contribution >= 4 is 11.8 Å². The molecule has 0 bridgehead atoms. The molecule has 1 fully saturated rings. The number of amides is 2. The van der Waals surface area contributed by atoms with Crippen molar-refractivity contribution in [3.63, 3.8) is 0 Å². The van der Waals surface area contributed by atoms with Crippen LogP contribution in [0.25, 0.3) is 0 Å². The zero-order valence-corrected chi connectivity index (χ0v) is 12.5. The normalized spacial score (nSPS) is 20.3. The van der Waals surface area contributed by atoms with E-state index in [0.29, 0.717) is 19.6 Å². The number of piperazine rings is 1. The first-order valence-corrected chi connectivity index (χ1v) is 7.33. The Labute approximate surface area is 125 Å². The molecule has 0 aromatic heterocycles. The van der Waals surface area contributed by atoms with E-state index in [2.05, 4.69) is 5.32 Å². The number of nitrogens with zero attached hydrogens (tertiary/aromatic N) is 1. The highest BCUT2D eigenvalue weighted by Crippen LogP contribution is 2.10. The van der Waals surface area contributed by atoms with Crippen molar-refractivity contribution in [2.75, 3.05) is 19.7 Å². The molecule has 2 amide bonds. The van der Waals surface area contributed by atoms with Crippen molar-refractivity contribution in [2.24, 2.45) is 0 Å². The number of carbonyl (C=O) groups excluding carboxylic acids is 2. The number of rotatable bonds is 6. The molecule has 0 spiro atoms. The largest absolute Gasteiger partial charge is 0.377 e. The van der Waals surface area contributed by atoms with Crippen LogP contribution in [0.4, 0.5) is 0 Å². The van der Waals surface area contributed by atoms with Gasteiger partial charge in [-0.05, 0) is 19.4 Å². The summed E-state index contributed by atoms with van der Waals surface area (Å²) in [5, 5.41) is 2.78. The van der Waals surface area contributed by atoms with E-state index < -0.39 is 6.04 Å². The summed E-state index contributed by atoms with van der Waals surface area (Å²) in [5.74, 6) is -0.149. The van der Waals surface area contributed by atoms with Crippen LogP contribution in [0.15, 0.2) is 30.3 Å². The van der Waals surface area contributed by atoms with Crippen molar-refractivity contribution in [1.29, 1.82) is 0 Å². The Bertz CT molecular complexity index is 490. The van der Waals surface area contributed by atoms with Crippen molar-refractivity contribution in [3.05, 3.63) is 35.9 Å². The van der Waals surface area contributed by atoms with E-state index in [9.17, 15) is 9.59 Å². The van der Waals surface area contributed by atoms with Gasteiger partial charge in [-0.15, -0.1) is 0 Å². The van der Waals surface area contributed by atoms with Crippen molar-refractivity contribution in [2.45, 2.75) is 32.4 Å². The number of hydrogen-bond donors (Lipinski definition) is 1. The van der Waals surface area contributed by atoms with Crippen LogP contribution in [0.2, 0.25) is 0 Å². The molecule has 2 atom stereocenters. The predicted octanol–water partition coefficient (Wildman–Crippen LogP) is 0.981. The van der Waals surface area contributed by atoms with Crippen molar-refractivity contribution < 1.29 is 14.3 Å². The van der Waals surface area contributed by atoms with Crippen molar-refractivity contribution in [1.82, 2.24) is 10.2 Å². The molecule has 1 N–H and O–H groups in total. The van der Waals surface area contributed by atoms with Gasteiger partial charge in [-0.3, -0.25) is 9.59 Å². The van der Waals surface area contributed by atoms with Gasteiger partial charge < -0.3 is 15.0 Å². The zero-order chi connectivity index (χ0) is 15.2. The number of benzene rings is 1. The van der Waals surface area contributed by atoms with Crippen LogP contribution in [-0.2, 0) is 20.7 Å². The van der Waals surface area contributed by atoms with E-state index in [-0.39, 0.29) is 24.5 Å². The van der Waals surface area contributed by atoms with E-state index in [4.69, 9.17) is 4.74 Å². The molecule has 5 heteroatoms. The lowest BCUT2D eigenvalue weighted by molar-refractivity contribution is -0.145. The lowest BCUT2D eigenvalue weighted by Crippen LogP contribution is -2.59. The summed E-state index contributed by atoms with van der Waals surface area (Å²) in [6, 6.07) is 9.23. The maximum Gasteiger partial charge on any atom is 0.246 e. The fourth-order valence-corrected chi connectivity index (χ4v) is 2.56. The molecule has 1 heterocycles. The van der Waals surface area contributed by atoms with Crippen LogP contribution in [0.3, 0.4) is 0 Å². The summed E-state index contributed by atoms with van der Waals surface area (Å²) < 4.78 is 5.46. The van der Waals surface area contributed by atoms with Crippen LogP contribution in [0.5, 0.6) is 0 Å². The molecule has 0 saturated carbocycles. The molecule has 1 saturated heterocycles. The minimum Gasteiger partial charge on any atom is -0.377 e. The summed E-state index contributed by atoms with van der Waals surface area (Å²) in [6.07, 6.45) is 0.451. The van der Waals surface area contributed by atoms with Crippen LogP contribution < -0.4 is 5.32 Å². The number of hydrogen-bond acceptors (Lipinski definition) is 3. The Morgan fingerprint density at radius 2 is 2.05 bits per heavy atom. The topological polar surface area (TPSA) is 58.6 Å². The quantitative estimate of drug-likeness (QED) is 0.849. The lowest BCUT2D eigenvalue weighted by atomic mass is 10.0. The highest BCUT2D eigenvalue weighted by atomic mass is 16.5. The molecular formula is C16H22N2O3. The van der Waals surface area contributed by atoms with E-state index >= 15 is 0 Å². The number of ether oxygens (including phenoxy) is 1. The first-order chi connectivity index (χ1) is 10.1. The maximum atomic E-state index is 12.5. The van der Waals surface area contributed by atoms with Gasteiger partial charge in [-0.2, -0.15) is 0 Å². The standard InChI is InChI=1S/C16H22N2O3/c1-3-21-12(2)10-18-11-15(19)17-14(16(18)20)9-13-7-5-4-6-8-13/h4-8,12,14H,3,9-11H2,1-2H3,(H,17,19). The van der Waals surface area contributed by atoms with E-state index in [1.54, 1.807) is 4.90 Å². The lowest BCUT2D eigenvalue weighted by Gasteiger charge is -2.34. The SMILES string of the molecule is CCOC(C)CN1CC(=O)NC(Cc2ccccc2)C1=O. The fraction of sp³-hybridized carbons (Fsp3) is 0.500. The third-order valence-electron chi connectivity index (χ3n) is 3.49. The van der Waals surface area contributed by atoms with Gasteiger partial charge in [0.15, 0.2) is 0 Å². The first-order valence-electron chi connectivity index (χ1n) is 7.33. The molecule has 1 aromatic carbocycles. The summed E-state index contributed by atoms with van der Waals surface area (Å²) in [7, 11) is 0. The van der Waals surface area contributed by atoms with Crippen LogP contribution in [0.1, 0.15) is 19.4 Å². The summed E-state index contributed by atoms with van der Waals surface area (Å²) in [4.78, 5) is 25.9. The van der Waals surface area contributed by atoms with Crippen LogP contribution in [-0.4, -0.2) is 48.6 Å². The Morgan fingerprint density at radius 3 is 2.71 bits per heavy atom. The molecule has 2 unspecified atom stereocenters. The minimum atomic E-state index is -0.484. The number of carbonyl (C=O) groups is 2. The Morgan fingerprint density at radius 1 is 1.33 bits per heavy atom. The molecule has 1 aliphatic heterocycles. The molecule has 21 heavy (non-hydrogen) atoms. The maximum absolute atomic E-state index is 12.5. The van der Waals surface area contributed by atoms with Gasteiger partial charge in [-0.1, -0.05) is 30.3 Å². The molecular weight excluding hydrogens is 268 g/mol. The molecule has 114 valence electrons. The summed E-state index contributed by atoms with van der Waals surface area (Å²) in [6.45, 7) is 4.99. The van der Waals surface area contributed by atoms with E-state index in [1.807, 2.05) is 44.2 Å². The summed E-state index contributed by atoms with van der Waals surface area (Å²) >= 11 is 0. The third kappa shape index (κ3) is 4.29. The highest BCUT2D eigenvalue weighted by molar-refractivity contribution is 5.95. The van der Waals surface area contributed by atoms with Crippen LogP contribution in [0, 0.1) is 0 Å². The third-order valence-corrected chi connectivity index (χ3v) is 3.49.